The van der Waals surface area contributed by atoms with Gasteiger partial charge >= 0.3 is 0 Å². The molecule has 0 aliphatic carbocycles. The standard InChI is InChI=1S/C18H13BrIN3O2/c19-13-9-12(17(24)15(20)10-13)11-21-22-18(25)14-5-1-2-6-16(14)23-7-3-4-8-23/h1-11,24H,(H,22,25)/b21-11+. The van der Waals surface area contributed by atoms with Crippen molar-refractivity contribution in [2.75, 3.05) is 0 Å². The lowest BCUT2D eigenvalue weighted by molar-refractivity contribution is 0.0955. The Kier molecular flexibility index (Phi) is 5.54. The summed E-state index contributed by atoms with van der Waals surface area (Å²) >= 11 is 5.40. The van der Waals surface area contributed by atoms with Crippen LogP contribution in [-0.2, 0) is 0 Å². The van der Waals surface area contributed by atoms with E-state index in [1.807, 2.05) is 63.8 Å². The molecule has 7 heteroatoms. The van der Waals surface area contributed by atoms with Gasteiger partial charge in [-0.05, 0) is 59.0 Å². The summed E-state index contributed by atoms with van der Waals surface area (Å²) in [5.74, 6) is -0.209. The number of hydrogen-bond donors (Lipinski definition) is 2. The van der Waals surface area contributed by atoms with Gasteiger partial charge in [-0.1, -0.05) is 28.1 Å². The van der Waals surface area contributed by atoms with E-state index >= 15 is 0 Å². The number of phenolic OH excluding ortho intramolecular Hbond substituents is 1. The van der Waals surface area contributed by atoms with E-state index in [4.69, 9.17) is 0 Å². The first kappa shape index (κ1) is 17.7. The minimum Gasteiger partial charge on any atom is -0.506 e. The predicted molar refractivity (Wildman–Crippen MR) is 109 cm³/mol. The van der Waals surface area contributed by atoms with Gasteiger partial charge in [-0.25, -0.2) is 5.43 Å². The molecule has 3 aromatic rings. The van der Waals surface area contributed by atoms with Crippen molar-refractivity contribution in [3.8, 4) is 11.4 Å². The molecule has 3 rings (SSSR count). The molecule has 0 atom stereocenters. The lowest BCUT2D eigenvalue weighted by atomic mass is 10.1. The van der Waals surface area contributed by atoms with E-state index in [1.165, 1.54) is 6.21 Å². The molecule has 0 saturated carbocycles. The Morgan fingerprint density at radius 1 is 1.20 bits per heavy atom. The maximum atomic E-state index is 12.5. The Balaban J connectivity index is 1.81. The third kappa shape index (κ3) is 4.10. The van der Waals surface area contributed by atoms with Crippen LogP contribution in [-0.4, -0.2) is 21.8 Å². The summed E-state index contributed by atoms with van der Waals surface area (Å²) in [6.45, 7) is 0. The van der Waals surface area contributed by atoms with Gasteiger partial charge in [0.15, 0.2) is 0 Å². The summed E-state index contributed by atoms with van der Waals surface area (Å²) in [5, 5.41) is 14.0. The maximum absolute atomic E-state index is 12.5. The molecular formula is C18H13BrIN3O2. The fourth-order valence-corrected chi connectivity index (χ4v) is 3.84. The molecule has 25 heavy (non-hydrogen) atoms. The summed E-state index contributed by atoms with van der Waals surface area (Å²) in [5.41, 5.74) is 4.28. The Morgan fingerprint density at radius 2 is 1.92 bits per heavy atom. The van der Waals surface area contributed by atoms with Crippen LogP contribution >= 0.6 is 38.5 Å². The molecule has 0 unspecified atom stereocenters. The Morgan fingerprint density at radius 3 is 2.68 bits per heavy atom. The first-order chi connectivity index (χ1) is 12.1. The second kappa shape index (κ2) is 7.83. The number of hydrogen-bond acceptors (Lipinski definition) is 3. The number of benzene rings is 2. The van der Waals surface area contributed by atoms with E-state index in [0.29, 0.717) is 14.7 Å². The van der Waals surface area contributed by atoms with Crippen LogP contribution in [0.3, 0.4) is 0 Å². The zero-order valence-corrected chi connectivity index (χ0v) is 16.6. The van der Waals surface area contributed by atoms with Crippen molar-refractivity contribution in [3.63, 3.8) is 0 Å². The summed E-state index contributed by atoms with van der Waals surface area (Å²) in [6, 6.07) is 14.6. The minimum atomic E-state index is -0.329. The zero-order valence-electron chi connectivity index (χ0n) is 12.9. The molecule has 0 spiro atoms. The van der Waals surface area contributed by atoms with Gasteiger partial charge in [0.2, 0.25) is 0 Å². The number of aromatic hydroxyl groups is 1. The minimum absolute atomic E-state index is 0.120. The Bertz CT molecular complexity index is 939. The van der Waals surface area contributed by atoms with Crippen molar-refractivity contribution in [2.45, 2.75) is 0 Å². The molecule has 5 nitrogen and oxygen atoms in total. The Labute approximate surface area is 166 Å². The number of para-hydroxylation sites is 1. The molecular weight excluding hydrogens is 497 g/mol. The van der Waals surface area contributed by atoms with Crippen molar-refractivity contribution in [1.82, 2.24) is 9.99 Å². The van der Waals surface area contributed by atoms with E-state index in [0.717, 1.165) is 10.2 Å². The third-order valence-electron chi connectivity index (χ3n) is 3.46. The largest absolute Gasteiger partial charge is 0.506 e. The topological polar surface area (TPSA) is 66.6 Å². The summed E-state index contributed by atoms with van der Waals surface area (Å²) in [7, 11) is 0. The number of halogens is 2. The van der Waals surface area contributed by atoms with Crippen LogP contribution in [0, 0.1) is 3.57 Å². The number of hydrazone groups is 1. The number of carbonyl (C=O) groups excluding carboxylic acids is 1. The highest BCUT2D eigenvalue weighted by molar-refractivity contribution is 14.1. The van der Waals surface area contributed by atoms with E-state index in [2.05, 4.69) is 26.5 Å². The average molecular weight is 510 g/mol. The number of nitrogens with zero attached hydrogens (tertiary/aromatic N) is 2. The maximum Gasteiger partial charge on any atom is 0.273 e. The number of phenols is 1. The van der Waals surface area contributed by atoms with Gasteiger partial charge in [0, 0.05) is 22.4 Å². The van der Waals surface area contributed by atoms with Gasteiger partial charge < -0.3 is 9.67 Å². The van der Waals surface area contributed by atoms with Crippen LogP contribution in [0.4, 0.5) is 0 Å². The van der Waals surface area contributed by atoms with Crippen molar-refractivity contribution in [2.24, 2.45) is 5.10 Å². The monoisotopic (exact) mass is 509 g/mol. The van der Waals surface area contributed by atoms with Crippen LogP contribution in [0.15, 0.2) is 70.5 Å². The van der Waals surface area contributed by atoms with Crippen LogP contribution < -0.4 is 5.43 Å². The molecule has 0 radical (unpaired) electrons. The fourth-order valence-electron chi connectivity index (χ4n) is 2.29. The molecule has 0 aliphatic rings. The molecule has 1 heterocycles. The fraction of sp³-hybridized carbons (Fsp3) is 0. The normalized spacial score (nSPS) is 11.0. The molecule has 0 aliphatic heterocycles. The quantitative estimate of drug-likeness (QED) is 0.312. The van der Waals surface area contributed by atoms with Gasteiger partial charge in [-0.3, -0.25) is 4.79 Å². The van der Waals surface area contributed by atoms with E-state index in [-0.39, 0.29) is 11.7 Å². The SMILES string of the molecule is O=C(N/N=C/c1cc(Br)cc(I)c1O)c1ccccc1-n1cccc1. The lowest BCUT2D eigenvalue weighted by Gasteiger charge is -2.09. The smallest absolute Gasteiger partial charge is 0.273 e. The summed E-state index contributed by atoms with van der Waals surface area (Å²) in [4.78, 5) is 12.5. The molecule has 2 N–H and O–H groups in total. The number of aromatic nitrogens is 1. The zero-order chi connectivity index (χ0) is 17.8. The highest BCUT2D eigenvalue weighted by atomic mass is 127. The van der Waals surface area contributed by atoms with Crippen molar-refractivity contribution in [3.05, 3.63) is 80.1 Å². The van der Waals surface area contributed by atoms with Crippen molar-refractivity contribution >= 4 is 50.6 Å². The van der Waals surface area contributed by atoms with Gasteiger partial charge in [-0.2, -0.15) is 5.10 Å². The van der Waals surface area contributed by atoms with Crippen molar-refractivity contribution < 1.29 is 9.90 Å². The molecule has 0 fully saturated rings. The first-order valence-electron chi connectivity index (χ1n) is 7.30. The molecule has 1 aromatic heterocycles. The Hall–Kier alpha value is -2.13. The van der Waals surface area contributed by atoms with E-state index in [9.17, 15) is 9.90 Å². The average Bonchev–Trinajstić information content (AvgIpc) is 3.13. The third-order valence-corrected chi connectivity index (χ3v) is 4.74. The van der Waals surface area contributed by atoms with Crippen LogP contribution in [0.1, 0.15) is 15.9 Å². The van der Waals surface area contributed by atoms with E-state index in [1.54, 1.807) is 24.3 Å². The van der Waals surface area contributed by atoms with Gasteiger partial charge in [0.25, 0.3) is 5.91 Å². The molecule has 2 aromatic carbocycles. The molecule has 0 bridgehead atoms. The van der Waals surface area contributed by atoms with Gasteiger partial charge in [-0.15, -0.1) is 0 Å². The first-order valence-corrected chi connectivity index (χ1v) is 9.17. The van der Waals surface area contributed by atoms with Crippen LogP contribution in [0.2, 0.25) is 0 Å². The lowest BCUT2D eigenvalue weighted by Crippen LogP contribution is -2.19. The summed E-state index contributed by atoms with van der Waals surface area (Å²) in [6.07, 6.45) is 5.16. The second-order valence-electron chi connectivity index (χ2n) is 5.13. The number of rotatable bonds is 4. The van der Waals surface area contributed by atoms with Crippen molar-refractivity contribution in [1.29, 1.82) is 0 Å². The molecule has 126 valence electrons. The molecule has 0 saturated heterocycles. The highest BCUT2D eigenvalue weighted by Crippen LogP contribution is 2.27. The number of amides is 1. The number of carbonyl (C=O) groups is 1. The predicted octanol–water partition coefficient (Wildman–Crippen LogP) is 4.31. The highest BCUT2D eigenvalue weighted by Gasteiger charge is 2.11. The second-order valence-corrected chi connectivity index (χ2v) is 7.21. The number of nitrogens with one attached hydrogen (secondary N) is 1. The molecule has 1 amide bonds. The van der Waals surface area contributed by atoms with Gasteiger partial charge in [0.05, 0.1) is 21.0 Å². The summed E-state index contributed by atoms with van der Waals surface area (Å²) < 4.78 is 3.37. The van der Waals surface area contributed by atoms with Crippen LogP contribution in [0.5, 0.6) is 5.75 Å². The van der Waals surface area contributed by atoms with E-state index < -0.39 is 0 Å². The van der Waals surface area contributed by atoms with Gasteiger partial charge in [0.1, 0.15) is 5.75 Å². The van der Waals surface area contributed by atoms with Crippen LogP contribution in [0.25, 0.3) is 5.69 Å².